The summed E-state index contributed by atoms with van der Waals surface area (Å²) >= 11 is 0. The molecule has 1 saturated heterocycles. The van der Waals surface area contributed by atoms with Crippen LogP contribution in [0.5, 0.6) is 0 Å². The normalized spacial score (nSPS) is 18.9. The average molecular weight is 338 g/mol. The quantitative estimate of drug-likeness (QED) is 0.865. The Morgan fingerprint density at radius 2 is 1.96 bits per heavy atom. The fourth-order valence-electron chi connectivity index (χ4n) is 3.10. The number of carbonyl (C=O) groups excluding carboxylic acids is 1. The van der Waals surface area contributed by atoms with E-state index in [0.29, 0.717) is 18.9 Å². The lowest BCUT2D eigenvalue weighted by atomic mass is 9.99. The fourth-order valence-corrected chi connectivity index (χ4v) is 3.83. The van der Waals surface area contributed by atoms with E-state index in [0.717, 1.165) is 31.4 Å². The van der Waals surface area contributed by atoms with Crippen LogP contribution in [0.3, 0.4) is 0 Å². The monoisotopic (exact) mass is 338 g/mol. The molecule has 0 aliphatic carbocycles. The lowest BCUT2D eigenvalue weighted by molar-refractivity contribution is -0.134. The second kappa shape index (κ2) is 7.93. The van der Waals surface area contributed by atoms with E-state index in [1.165, 1.54) is 13.5 Å². The van der Waals surface area contributed by atoms with Crippen molar-refractivity contribution in [3.05, 3.63) is 29.8 Å². The minimum Gasteiger partial charge on any atom is -0.340 e. The van der Waals surface area contributed by atoms with Crippen LogP contribution >= 0.6 is 0 Å². The van der Waals surface area contributed by atoms with Crippen LogP contribution in [0.25, 0.3) is 0 Å². The number of aryl methyl sites for hydroxylation is 1. The molecule has 0 bridgehead atoms. The van der Waals surface area contributed by atoms with Gasteiger partial charge in [0.25, 0.3) is 0 Å². The number of nitrogens with one attached hydrogen (secondary N) is 1. The third kappa shape index (κ3) is 4.54. The number of piperidine rings is 1. The standard InChI is InChI=1S/C17H26N2O3S/c1-3-15-6-4-5-13-19(15)17(20)12-9-14-7-10-16(11-8-14)23(21,22)18-2/h7-8,10-11,15,18H,3-6,9,12-13H2,1-2H3. The van der Waals surface area contributed by atoms with Crippen molar-refractivity contribution in [3.8, 4) is 0 Å². The molecular weight excluding hydrogens is 312 g/mol. The molecule has 0 aromatic heterocycles. The molecule has 128 valence electrons. The van der Waals surface area contributed by atoms with Gasteiger partial charge in [-0.3, -0.25) is 4.79 Å². The van der Waals surface area contributed by atoms with Gasteiger partial charge in [-0.25, -0.2) is 13.1 Å². The average Bonchev–Trinajstić information content (AvgIpc) is 2.60. The highest BCUT2D eigenvalue weighted by atomic mass is 32.2. The van der Waals surface area contributed by atoms with Gasteiger partial charge in [0.2, 0.25) is 15.9 Å². The van der Waals surface area contributed by atoms with Gasteiger partial charge in [-0.2, -0.15) is 0 Å². The Morgan fingerprint density at radius 1 is 1.26 bits per heavy atom. The van der Waals surface area contributed by atoms with Gasteiger partial charge in [0, 0.05) is 19.0 Å². The van der Waals surface area contributed by atoms with Gasteiger partial charge in [0.15, 0.2) is 0 Å². The maximum absolute atomic E-state index is 12.4. The highest BCUT2D eigenvalue weighted by Gasteiger charge is 2.24. The van der Waals surface area contributed by atoms with E-state index < -0.39 is 10.0 Å². The van der Waals surface area contributed by atoms with Crippen LogP contribution in [0.15, 0.2) is 29.2 Å². The van der Waals surface area contributed by atoms with Crippen LogP contribution in [-0.2, 0) is 21.2 Å². The minimum absolute atomic E-state index is 0.212. The molecule has 0 radical (unpaired) electrons. The maximum atomic E-state index is 12.4. The number of hydrogen-bond acceptors (Lipinski definition) is 3. The molecule has 0 saturated carbocycles. The molecule has 2 rings (SSSR count). The Morgan fingerprint density at radius 3 is 2.57 bits per heavy atom. The maximum Gasteiger partial charge on any atom is 0.240 e. The van der Waals surface area contributed by atoms with Gasteiger partial charge >= 0.3 is 0 Å². The first-order valence-corrected chi connectivity index (χ1v) is 9.78. The van der Waals surface area contributed by atoms with Crippen molar-refractivity contribution >= 4 is 15.9 Å². The first kappa shape index (κ1) is 17.9. The number of carbonyl (C=O) groups is 1. The van der Waals surface area contributed by atoms with Gasteiger partial charge in [-0.05, 0) is 56.8 Å². The molecule has 23 heavy (non-hydrogen) atoms. The summed E-state index contributed by atoms with van der Waals surface area (Å²) in [5, 5.41) is 0. The molecule has 1 fully saturated rings. The number of nitrogens with zero attached hydrogens (tertiary/aromatic N) is 1. The Labute approximate surface area is 139 Å². The molecule has 1 amide bonds. The molecule has 6 heteroatoms. The van der Waals surface area contributed by atoms with Crippen LogP contribution in [-0.4, -0.2) is 38.9 Å². The van der Waals surface area contributed by atoms with E-state index in [9.17, 15) is 13.2 Å². The van der Waals surface area contributed by atoms with Gasteiger partial charge in [0.05, 0.1) is 4.90 Å². The van der Waals surface area contributed by atoms with Crippen molar-refractivity contribution in [3.63, 3.8) is 0 Å². The predicted octanol–water partition coefficient (Wildman–Crippen LogP) is 2.32. The summed E-state index contributed by atoms with van der Waals surface area (Å²) in [5.74, 6) is 0.212. The molecule has 1 aromatic carbocycles. The Hall–Kier alpha value is -1.40. The topological polar surface area (TPSA) is 66.5 Å². The van der Waals surface area contributed by atoms with Crippen molar-refractivity contribution in [2.45, 2.75) is 56.4 Å². The zero-order valence-electron chi connectivity index (χ0n) is 13.9. The molecule has 1 aliphatic heterocycles. The molecule has 1 aromatic rings. The Kier molecular flexibility index (Phi) is 6.18. The first-order chi connectivity index (χ1) is 11.0. The second-order valence-corrected chi connectivity index (χ2v) is 7.88. The van der Waals surface area contributed by atoms with E-state index in [2.05, 4.69) is 11.6 Å². The van der Waals surface area contributed by atoms with Gasteiger partial charge in [0.1, 0.15) is 0 Å². The Balaban J connectivity index is 1.94. The zero-order chi connectivity index (χ0) is 16.9. The zero-order valence-corrected chi connectivity index (χ0v) is 14.7. The summed E-state index contributed by atoms with van der Waals surface area (Å²) < 4.78 is 25.7. The van der Waals surface area contributed by atoms with Gasteiger partial charge < -0.3 is 4.90 Å². The molecule has 5 nitrogen and oxygen atoms in total. The summed E-state index contributed by atoms with van der Waals surface area (Å²) in [5.41, 5.74) is 0.985. The fraction of sp³-hybridized carbons (Fsp3) is 0.588. The highest BCUT2D eigenvalue weighted by Crippen LogP contribution is 2.21. The number of rotatable bonds is 6. The number of sulfonamides is 1. The third-order valence-electron chi connectivity index (χ3n) is 4.55. The lowest BCUT2D eigenvalue weighted by Crippen LogP contribution is -2.43. The summed E-state index contributed by atoms with van der Waals surface area (Å²) in [6.45, 7) is 3.01. The van der Waals surface area contributed by atoms with Crippen LogP contribution in [0.1, 0.15) is 44.6 Å². The largest absolute Gasteiger partial charge is 0.340 e. The van der Waals surface area contributed by atoms with Gasteiger partial charge in [-0.1, -0.05) is 19.1 Å². The summed E-state index contributed by atoms with van der Waals surface area (Å²) in [7, 11) is -2.01. The van der Waals surface area contributed by atoms with E-state index in [-0.39, 0.29) is 10.8 Å². The van der Waals surface area contributed by atoms with Crippen molar-refractivity contribution < 1.29 is 13.2 Å². The van der Waals surface area contributed by atoms with Crippen molar-refractivity contribution in [1.29, 1.82) is 0 Å². The van der Waals surface area contributed by atoms with E-state index >= 15 is 0 Å². The summed E-state index contributed by atoms with van der Waals surface area (Å²) in [6.07, 6.45) is 5.56. The number of benzene rings is 1. The van der Waals surface area contributed by atoms with Crippen LogP contribution in [0, 0.1) is 0 Å². The molecule has 1 unspecified atom stereocenters. The van der Waals surface area contributed by atoms with Gasteiger partial charge in [-0.15, -0.1) is 0 Å². The highest BCUT2D eigenvalue weighted by molar-refractivity contribution is 7.89. The minimum atomic E-state index is -3.40. The molecule has 1 heterocycles. The van der Waals surface area contributed by atoms with Crippen molar-refractivity contribution in [2.24, 2.45) is 0 Å². The molecule has 0 spiro atoms. The molecule has 1 atom stereocenters. The smallest absolute Gasteiger partial charge is 0.240 e. The lowest BCUT2D eigenvalue weighted by Gasteiger charge is -2.35. The third-order valence-corrected chi connectivity index (χ3v) is 5.98. The SMILES string of the molecule is CCC1CCCCN1C(=O)CCc1ccc(S(=O)(=O)NC)cc1. The summed E-state index contributed by atoms with van der Waals surface area (Å²) in [6, 6.07) is 7.12. The van der Waals surface area contributed by atoms with Crippen molar-refractivity contribution in [1.82, 2.24) is 9.62 Å². The molecular formula is C17H26N2O3S. The summed E-state index contributed by atoms with van der Waals surface area (Å²) in [4.78, 5) is 14.7. The van der Waals surface area contributed by atoms with E-state index in [1.54, 1.807) is 24.3 Å². The molecule has 1 N–H and O–H groups in total. The molecule has 1 aliphatic rings. The Bertz CT molecular complexity index is 626. The van der Waals surface area contributed by atoms with Crippen LogP contribution in [0.4, 0.5) is 0 Å². The number of hydrogen-bond donors (Lipinski definition) is 1. The van der Waals surface area contributed by atoms with Crippen LogP contribution < -0.4 is 4.72 Å². The first-order valence-electron chi connectivity index (χ1n) is 8.30. The van der Waals surface area contributed by atoms with Crippen molar-refractivity contribution in [2.75, 3.05) is 13.6 Å². The van der Waals surface area contributed by atoms with Crippen LogP contribution in [0.2, 0.25) is 0 Å². The number of likely N-dealkylation sites (tertiary alicyclic amines) is 1. The van der Waals surface area contributed by atoms with E-state index in [4.69, 9.17) is 0 Å². The van der Waals surface area contributed by atoms with E-state index in [1.807, 2.05) is 4.90 Å². The predicted molar refractivity (Wildman–Crippen MR) is 90.7 cm³/mol. The second-order valence-electron chi connectivity index (χ2n) is 6.00. The number of amides is 1.